The van der Waals surface area contributed by atoms with Crippen LogP contribution >= 0.6 is 23.4 Å². The first kappa shape index (κ1) is 16.5. The molecular weight excluding hydrogens is 346 g/mol. The van der Waals surface area contributed by atoms with Crippen LogP contribution in [0.1, 0.15) is 10.4 Å². The molecule has 0 spiro atoms. The number of carbonyl (C=O) groups excluding carboxylic acids is 1. The van der Waals surface area contributed by atoms with Gasteiger partial charge in [0, 0.05) is 15.7 Å². The van der Waals surface area contributed by atoms with Crippen molar-refractivity contribution in [3.8, 4) is 5.69 Å². The number of benzene rings is 2. The fraction of sp³-hybridized carbons (Fsp3) is 0.118. The number of aromatic nitrogens is 3. The van der Waals surface area contributed by atoms with Crippen molar-refractivity contribution in [2.24, 2.45) is 0 Å². The third-order valence-corrected chi connectivity index (χ3v) is 4.41. The van der Waals surface area contributed by atoms with Gasteiger partial charge in [0.15, 0.2) is 0 Å². The Hall–Kier alpha value is -2.31. The van der Waals surface area contributed by atoms with Gasteiger partial charge in [-0.25, -0.2) is 14.5 Å². The van der Waals surface area contributed by atoms with Crippen molar-refractivity contribution in [3.05, 3.63) is 71.8 Å². The molecule has 0 N–H and O–H groups in total. The molecule has 7 heteroatoms. The first-order chi connectivity index (χ1) is 11.7. The number of ether oxygens (including phenoxy) is 1. The Morgan fingerprint density at radius 1 is 1.12 bits per heavy atom. The van der Waals surface area contributed by atoms with Gasteiger partial charge in [0.05, 0.1) is 11.3 Å². The third kappa shape index (κ3) is 4.37. The molecule has 2 aromatic carbocycles. The van der Waals surface area contributed by atoms with Gasteiger partial charge in [0.25, 0.3) is 0 Å². The highest BCUT2D eigenvalue weighted by molar-refractivity contribution is 7.99. The lowest BCUT2D eigenvalue weighted by atomic mass is 10.2. The van der Waals surface area contributed by atoms with E-state index in [0.717, 1.165) is 10.6 Å². The molecule has 0 aliphatic carbocycles. The van der Waals surface area contributed by atoms with Crippen molar-refractivity contribution >= 4 is 29.3 Å². The van der Waals surface area contributed by atoms with Crippen LogP contribution in [0.5, 0.6) is 0 Å². The normalized spacial score (nSPS) is 10.5. The number of rotatable bonds is 6. The molecule has 0 bridgehead atoms. The number of esters is 1. The van der Waals surface area contributed by atoms with Gasteiger partial charge in [-0.15, -0.1) is 11.8 Å². The van der Waals surface area contributed by atoms with Gasteiger partial charge in [-0.05, 0) is 48.5 Å². The van der Waals surface area contributed by atoms with Crippen molar-refractivity contribution in [1.29, 1.82) is 0 Å². The average Bonchev–Trinajstić information content (AvgIpc) is 3.15. The summed E-state index contributed by atoms with van der Waals surface area (Å²) in [6.07, 6.45) is 3.06. The summed E-state index contributed by atoms with van der Waals surface area (Å²) in [6, 6.07) is 14.6. The third-order valence-electron chi connectivity index (χ3n) is 3.19. The van der Waals surface area contributed by atoms with E-state index in [1.54, 1.807) is 47.0 Å². The molecule has 0 aliphatic rings. The van der Waals surface area contributed by atoms with Gasteiger partial charge in [0.1, 0.15) is 19.3 Å². The molecule has 0 aliphatic heterocycles. The smallest absolute Gasteiger partial charge is 0.338 e. The lowest BCUT2D eigenvalue weighted by Gasteiger charge is -2.06. The van der Waals surface area contributed by atoms with E-state index in [0.29, 0.717) is 22.9 Å². The molecule has 122 valence electrons. The van der Waals surface area contributed by atoms with Crippen LogP contribution in [0.25, 0.3) is 5.69 Å². The van der Waals surface area contributed by atoms with Crippen LogP contribution in [0.2, 0.25) is 5.02 Å². The minimum absolute atomic E-state index is 0.336. The van der Waals surface area contributed by atoms with Gasteiger partial charge in [-0.3, -0.25) is 0 Å². The molecule has 1 aromatic heterocycles. The van der Waals surface area contributed by atoms with E-state index in [1.807, 2.05) is 24.3 Å². The van der Waals surface area contributed by atoms with Crippen LogP contribution in [-0.4, -0.2) is 33.1 Å². The number of hydrogen-bond acceptors (Lipinski definition) is 5. The molecule has 0 saturated heterocycles. The lowest BCUT2D eigenvalue weighted by Crippen LogP contribution is -2.08. The Kier molecular flexibility index (Phi) is 5.51. The molecule has 0 unspecified atom stereocenters. The number of carbonyl (C=O) groups is 1. The van der Waals surface area contributed by atoms with E-state index in [4.69, 9.17) is 16.3 Å². The minimum atomic E-state index is -0.336. The highest BCUT2D eigenvalue weighted by Gasteiger charge is 2.07. The molecule has 0 atom stereocenters. The molecule has 3 rings (SSSR count). The van der Waals surface area contributed by atoms with E-state index in [2.05, 4.69) is 10.1 Å². The minimum Gasteiger partial charge on any atom is -0.461 e. The van der Waals surface area contributed by atoms with E-state index in [1.165, 1.54) is 6.33 Å². The SMILES string of the molecule is O=C(OCCSc1ccc(Cl)cc1)c1ccc(-n2cncn2)cc1. The van der Waals surface area contributed by atoms with Gasteiger partial charge >= 0.3 is 5.97 Å². The molecule has 5 nitrogen and oxygen atoms in total. The van der Waals surface area contributed by atoms with Crippen LogP contribution < -0.4 is 0 Å². The maximum Gasteiger partial charge on any atom is 0.338 e. The summed E-state index contributed by atoms with van der Waals surface area (Å²) in [7, 11) is 0. The predicted octanol–water partition coefficient (Wildman–Crippen LogP) is 3.87. The second-order valence-electron chi connectivity index (χ2n) is 4.83. The standard InChI is InChI=1S/C17H14ClN3O2S/c18-14-3-7-16(8-4-14)24-10-9-23-17(22)13-1-5-15(6-2-13)21-12-19-11-20-21/h1-8,11-12H,9-10H2. The fourth-order valence-electron chi connectivity index (χ4n) is 2.00. The van der Waals surface area contributed by atoms with Crippen LogP contribution in [0.15, 0.2) is 66.1 Å². The molecule has 0 radical (unpaired) electrons. The summed E-state index contributed by atoms with van der Waals surface area (Å²) in [4.78, 5) is 17.0. The zero-order chi connectivity index (χ0) is 16.8. The second kappa shape index (κ2) is 7.99. The van der Waals surface area contributed by atoms with E-state index in [9.17, 15) is 4.79 Å². The summed E-state index contributed by atoms with van der Waals surface area (Å²) in [5.74, 6) is 0.349. The van der Waals surface area contributed by atoms with E-state index < -0.39 is 0 Å². The van der Waals surface area contributed by atoms with Gasteiger partial charge in [-0.1, -0.05) is 11.6 Å². The van der Waals surface area contributed by atoms with Crippen molar-refractivity contribution in [2.75, 3.05) is 12.4 Å². The Labute approximate surface area is 148 Å². The molecule has 0 saturated carbocycles. The summed E-state index contributed by atoms with van der Waals surface area (Å²) in [5.41, 5.74) is 1.35. The van der Waals surface area contributed by atoms with Gasteiger partial charge in [-0.2, -0.15) is 5.10 Å². The van der Waals surface area contributed by atoms with Crippen molar-refractivity contribution < 1.29 is 9.53 Å². The average molecular weight is 360 g/mol. The largest absolute Gasteiger partial charge is 0.461 e. The topological polar surface area (TPSA) is 57.0 Å². The second-order valence-corrected chi connectivity index (χ2v) is 6.43. The first-order valence-corrected chi connectivity index (χ1v) is 8.59. The maximum absolute atomic E-state index is 12.0. The molecular formula is C17H14ClN3O2S. The van der Waals surface area contributed by atoms with E-state index in [-0.39, 0.29) is 5.97 Å². The highest BCUT2D eigenvalue weighted by Crippen LogP contribution is 2.20. The Morgan fingerprint density at radius 3 is 2.54 bits per heavy atom. The quantitative estimate of drug-likeness (QED) is 0.380. The van der Waals surface area contributed by atoms with Gasteiger partial charge in [0.2, 0.25) is 0 Å². The van der Waals surface area contributed by atoms with Gasteiger partial charge < -0.3 is 4.74 Å². The highest BCUT2D eigenvalue weighted by atomic mass is 35.5. The lowest BCUT2D eigenvalue weighted by molar-refractivity contribution is 0.0530. The van der Waals surface area contributed by atoms with Crippen LogP contribution in [0, 0.1) is 0 Å². The van der Waals surface area contributed by atoms with Crippen LogP contribution in [-0.2, 0) is 4.74 Å². The zero-order valence-electron chi connectivity index (χ0n) is 12.6. The number of thioether (sulfide) groups is 1. The number of hydrogen-bond donors (Lipinski definition) is 0. The van der Waals surface area contributed by atoms with Crippen LogP contribution in [0.3, 0.4) is 0 Å². The van der Waals surface area contributed by atoms with Crippen molar-refractivity contribution in [1.82, 2.24) is 14.8 Å². The van der Waals surface area contributed by atoms with Crippen molar-refractivity contribution in [3.63, 3.8) is 0 Å². The number of halogens is 1. The molecule has 0 amide bonds. The molecule has 24 heavy (non-hydrogen) atoms. The van der Waals surface area contributed by atoms with E-state index >= 15 is 0 Å². The molecule has 0 fully saturated rings. The van der Waals surface area contributed by atoms with Crippen molar-refractivity contribution in [2.45, 2.75) is 4.90 Å². The number of nitrogens with zero attached hydrogens (tertiary/aromatic N) is 3. The monoisotopic (exact) mass is 359 g/mol. The summed E-state index contributed by atoms with van der Waals surface area (Å²) in [6.45, 7) is 0.344. The molecule has 3 aromatic rings. The Bertz CT molecular complexity index is 790. The Morgan fingerprint density at radius 2 is 1.88 bits per heavy atom. The summed E-state index contributed by atoms with van der Waals surface area (Å²) >= 11 is 7.45. The maximum atomic E-state index is 12.0. The summed E-state index contributed by atoms with van der Waals surface area (Å²) in [5, 5.41) is 4.74. The first-order valence-electron chi connectivity index (χ1n) is 7.23. The summed E-state index contributed by atoms with van der Waals surface area (Å²) < 4.78 is 6.91. The van der Waals surface area contributed by atoms with Crippen LogP contribution in [0.4, 0.5) is 0 Å². The Balaban J connectivity index is 1.47. The zero-order valence-corrected chi connectivity index (χ0v) is 14.2. The predicted molar refractivity (Wildman–Crippen MR) is 93.8 cm³/mol. The fourth-order valence-corrected chi connectivity index (χ4v) is 2.86. The molecule has 1 heterocycles.